The normalized spacial score (nSPS) is 12.9. The molecule has 31 heavy (non-hydrogen) atoms. The van der Waals surface area contributed by atoms with E-state index >= 15 is 0 Å². The summed E-state index contributed by atoms with van der Waals surface area (Å²) in [5, 5.41) is 4.52. The van der Waals surface area contributed by atoms with E-state index in [0.29, 0.717) is 23.0 Å². The summed E-state index contributed by atoms with van der Waals surface area (Å²) < 4.78 is 42.8. The third kappa shape index (κ3) is 4.13. The van der Waals surface area contributed by atoms with Crippen LogP contribution < -0.4 is 4.90 Å². The van der Waals surface area contributed by atoms with Crippen molar-refractivity contribution >= 4 is 48.6 Å². The Morgan fingerprint density at radius 2 is 1.81 bits per heavy atom. The molecular formula is C19H14Br2F3N7. The van der Waals surface area contributed by atoms with E-state index in [1.165, 1.54) is 12.7 Å². The summed E-state index contributed by atoms with van der Waals surface area (Å²) in [6.45, 7) is 1.86. The number of fused-ring (bicyclic) bond motifs is 1. The minimum Gasteiger partial charge on any atom is -0.349 e. The quantitative estimate of drug-likeness (QED) is 0.337. The molecule has 0 spiro atoms. The van der Waals surface area contributed by atoms with Crippen LogP contribution in [0.4, 0.5) is 19.0 Å². The van der Waals surface area contributed by atoms with E-state index in [2.05, 4.69) is 56.9 Å². The molecule has 3 aromatic heterocycles. The third-order valence-corrected chi connectivity index (χ3v) is 5.86. The first kappa shape index (κ1) is 21.6. The highest BCUT2D eigenvalue weighted by Gasteiger charge is 2.32. The second kappa shape index (κ2) is 8.15. The zero-order valence-electron chi connectivity index (χ0n) is 16.1. The Labute approximate surface area is 191 Å². The smallest absolute Gasteiger partial charge is 0.349 e. The van der Waals surface area contributed by atoms with Crippen molar-refractivity contribution in [1.82, 2.24) is 29.7 Å². The molecule has 0 saturated carbocycles. The lowest BCUT2D eigenvalue weighted by atomic mass is 10.1. The molecule has 1 unspecified atom stereocenters. The van der Waals surface area contributed by atoms with Crippen molar-refractivity contribution in [3.8, 4) is 5.82 Å². The number of alkyl halides is 3. The molecule has 4 rings (SSSR count). The molecule has 0 N–H and O–H groups in total. The van der Waals surface area contributed by atoms with E-state index in [1.54, 1.807) is 28.9 Å². The lowest BCUT2D eigenvalue weighted by Gasteiger charge is -2.26. The van der Waals surface area contributed by atoms with Crippen LogP contribution in [0.15, 0.2) is 52.1 Å². The van der Waals surface area contributed by atoms with Crippen LogP contribution in [0.25, 0.3) is 16.7 Å². The molecule has 0 amide bonds. The zero-order valence-corrected chi connectivity index (χ0v) is 19.3. The number of rotatable bonds is 4. The van der Waals surface area contributed by atoms with Gasteiger partial charge in [0, 0.05) is 27.6 Å². The SMILES string of the molecule is CC(c1ncnn1-c1ccc(Br)cn1)N(C)c1ncnc2c(Br)cc(C(F)(F)F)cc12. The predicted molar refractivity (Wildman–Crippen MR) is 116 cm³/mol. The van der Waals surface area contributed by atoms with Gasteiger partial charge in [-0.3, -0.25) is 0 Å². The van der Waals surface area contributed by atoms with Crippen molar-refractivity contribution in [2.45, 2.75) is 19.1 Å². The van der Waals surface area contributed by atoms with Crippen molar-refractivity contribution in [2.24, 2.45) is 0 Å². The number of pyridine rings is 1. The van der Waals surface area contributed by atoms with Crippen molar-refractivity contribution in [3.05, 3.63) is 63.5 Å². The average Bonchev–Trinajstić information content (AvgIpc) is 3.22. The molecule has 1 aromatic carbocycles. The fourth-order valence-corrected chi connectivity index (χ4v) is 3.92. The van der Waals surface area contributed by atoms with Crippen LogP contribution in [0.2, 0.25) is 0 Å². The Balaban J connectivity index is 1.79. The van der Waals surface area contributed by atoms with Crippen LogP contribution in [-0.4, -0.2) is 36.8 Å². The number of aromatic nitrogens is 6. The second-order valence-electron chi connectivity index (χ2n) is 6.70. The molecular weight excluding hydrogens is 543 g/mol. The summed E-state index contributed by atoms with van der Waals surface area (Å²) in [7, 11) is 1.73. The van der Waals surface area contributed by atoms with E-state index in [0.717, 1.165) is 16.6 Å². The lowest BCUT2D eigenvalue weighted by molar-refractivity contribution is -0.137. The maximum Gasteiger partial charge on any atom is 0.416 e. The third-order valence-electron chi connectivity index (χ3n) is 4.79. The standard InChI is InChI=1S/C19H14Br2F3N7/c1-10(17-28-9-29-31(17)15-4-3-12(20)7-25-15)30(2)18-13-5-11(19(22,23)24)6-14(21)16(13)26-8-27-18/h3-10H,1-2H3. The van der Waals surface area contributed by atoms with Gasteiger partial charge in [-0.1, -0.05) is 0 Å². The van der Waals surface area contributed by atoms with Gasteiger partial charge in [0.2, 0.25) is 0 Å². The number of anilines is 1. The maximum absolute atomic E-state index is 13.4. The van der Waals surface area contributed by atoms with Crippen LogP contribution in [0, 0.1) is 0 Å². The maximum atomic E-state index is 13.4. The van der Waals surface area contributed by atoms with Crippen LogP contribution in [0.1, 0.15) is 24.4 Å². The zero-order chi connectivity index (χ0) is 22.3. The van der Waals surface area contributed by atoms with Gasteiger partial charge in [0.25, 0.3) is 0 Å². The molecule has 0 fully saturated rings. The average molecular weight is 557 g/mol. The van der Waals surface area contributed by atoms with E-state index in [1.807, 2.05) is 13.0 Å². The predicted octanol–water partition coefficient (Wildman–Crippen LogP) is 5.35. The molecule has 12 heteroatoms. The summed E-state index contributed by atoms with van der Waals surface area (Å²) in [4.78, 5) is 18.8. The molecule has 0 bridgehead atoms. The topological polar surface area (TPSA) is 72.6 Å². The molecule has 0 aliphatic rings. The van der Waals surface area contributed by atoms with Gasteiger partial charge in [-0.05, 0) is 63.0 Å². The van der Waals surface area contributed by atoms with Crippen molar-refractivity contribution in [3.63, 3.8) is 0 Å². The molecule has 1 atom stereocenters. The fourth-order valence-electron chi connectivity index (χ4n) is 3.12. The van der Waals surface area contributed by atoms with Gasteiger partial charge in [0.1, 0.15) is 18.5 Å². The monoisotopic (exact) mass is 555 g/mol. The van der Waals surface area contributed by atoms with Crippen molar-refractivity contribution in [2.75, 3.05) is 11.9 Å². The van der Waals surface area contributed by atoms with E-state index in [-0.39, 0.29) is 15.9 Å². The summed E-state index contributed by atoms with van der Waals surface area (Å²) in [5.74, 6) is 1.45. The first-order chi connectivity index (χ1) is 14.7. The summed E-state index contributed by atoms with van der Waals surface area (Å²) in [5.41, 5.74) is -0.403. The molecule has 0 aliphatic heterocycles. The Morgan fingerprint density at radius 3 is 2.48 bits per heavy atom. The Bertz CT molecular complexity index is 1240. The fraction of sp³-hybridized carbons (Fsp3) is 0.211. The minimum atomic E-state index is -4.50. The van der Waals surface area contributed by atoms with Crippen LogP contribution >= 0.6 is 31.9 Å². The number of nitrogens with zero attached hydrogens (tertiary/aromatic N) is 7. The number of benzene rings is 1. The number of hydrogen-bond donors (Lipinski definition) is 0. The Morgan fingerprint density at radius 1 is 1.03 bits per heavy atom. The molecule has 0 aliphatic carbocycles. The minimum absolute atomic E-state index is 0.240. The number of hydrogen-bond acceptors (Lipinski definition) is 6. The highest BCUT2D eigenvalue weighted by Crippen LogP contribution is 2.38. The first-order valence-corrected chi connectivity index (χ1v) is 10.5. The van der Waals surface area contributed by atoms with Gasteiger partial charge < -0.3 is 4.90 Å². The highest BCUT2D eigenvalue weighted by atomic mass is 79.9. The van der Waals surface area contributed by atoms with E-state index in [9.17, 15) is 13.2 Å². The van der Waals surface area contributed by atoms with E-state index in [4.69, 9.17) is 0 Å². The first-order valence-electron chi connectivity index (χ1n) is 8.93. The summed E-state index contributed by atoms with van der Waals surface area (Å²) in [6, 6.07) is 5.29. The van der Waals surface area contributed by atoms with Crippen LogP contribution in [0.3, 0.4) is 0 Å². The van der Waals surface area contributed by atoms with Gasteiger partial charge in [0.05, 0.1) is 17.1 Å². The van der Waals surface area contributed by atoms with Crippen LogP contribution in [-0.2, 0) is 6.18 Å². The molecule has 0 radical (unpaired) electrons. The Kier molecular flexibility index (Phi) is 5.69. The largest absolute Gasteiger partial charge is 0.416 e. The summed E-state index contributed by atoms with van der Waals surface area (Å²) >= 11 is 6.54. The van der Waals surface area contributed by atoms with Gasteiger partial charge >= 0.3 is 6.18 Å². The molecule has 160 valence electrons. The van der Waals surface area contributed by atoms with Crippen molar-refractivity contribution < 1.29 is 13.2 Å². The van der Waals surface area contributed by atoms with E-state index < -0.39 is 11.7 Å². The molecule has 0 saturated heterocycles. The molecule has 3 heterocycles. The lowest BCUT2D eigenvalue weighted by Crippen LogP contribution is -2.26. The molecule has 7 nitrogen and oxygen atoms in total. The van der Waals surface area contributed by atoms with Gasteiger partial charge in [-0.25, -0.2) is 19.9 Å². The van der Waals surface area contributed by atoms with Gasteiger partial charge in [-0.15, -0.1) is 0 Å². The van der Waals surface area contributed by atoms with Crippen LogP contribution in [0.5, 0.6) is 0 Å². The Hall–Kier alpha value is -2.60. The van der Waals surface area contributed by atoms with Gasteiger partial charge in [0.15, 0.2) is 11.6 Å². The van der Waals surface area contributed by atoms with Gasteiger partial charge in [-0.2, -0.15) is 23.0 Å². The number of halogens is 5. The highest BCUT2D eigenvalue weighted by molar-refractivity contribution is 9.11. The second-order valence-corrected chi connectivity index (χ2v) is 8.47. The summed E-state index contributed by atoms with van der Waals surface area (Å²) in [6.07, 6.45) is -0.134. The molecule has 4 aromatic rings. The van der Waals surface area contributed by atoms with Crippen molar-refractivity contribution in [1.29, 1.82) is 0 Å².